The molecule has 1 fully saturated rings. The first-order valence-electron chi connectivity index (χ1n) is 9.95. The highest BCUT2D eigenvalue weighted by molar-refractivity contribution is 5.68. The molecule has 8 heteroatoms. The standard InChI is InChI=1S/C21H32N2O6/c1-21(2,3)29-20(26)23-13-17(24)12-18(14-23)27-11-7-10-22-19(25)28-15-16-8-5-4-6-9-16/h4-6,8-9,17-18,24H,7,10-15H2,1-3H3,(H,22,25). The van der Waals surface area contributed by atoms with E-state index in [0.717, 1.165) is 5.56 Å². The Morgan fingerprint density at radius 2 is 1.93 bits per heavy atom. The van der Waals surface area contributed by atoms with Gasteiger partial charge >= 0.3 is 12.2 Å². The van der Waals surface area contributed by atoms with Crippen molar-refractivity contribution < 1.29 is 28.9 Å². The summed E-state index contributed by atoms with van der Waals surface area (Å²) in [5, 5.41) is 12.7. The molecule has 29 heavy (non-hydrogen) atoms. The molecule has 1 aliphatic rings. The van der Waals surface area contributed by atoms with Crippen LogP contribution in [0.2, 0.25) is 0 Å². The predicted octanol–water partition coefficient (Wildman–Crippen LogP) is 2.69. The number of aliphatic hydroxyl groups excluding tert-OH is 1. The van der Waals surface area contributed by atoms with Crippen molar-refractivity contribution in [2.24, 2.45) is 0 Å². The number of rotatable bonds is 7. The lowest BCUT2D eigenvalue weighted by atomic mass is 10.1. The van der Waals surface area contributed by atoms with Crippen LogP contribution < -0.4 is 5.32 Å². The fraction of sp³-hybridized carbons (Fsp3) is 0.619. The van der Waals surface area contributed by atoms with E-state index in [4.69, 9.17) is 14.2 Å². The number of hydrogen-bond acceptors (Lipinski definition) is 6. The van der Waals surface area contributed by atoms with Crippen molar-refractivity contribution in [3.8, 4) is 0 Å². The van der Waals surface area contributed by atoms with Crippen LogP contribution in [0.25, 0.3) is 0 Å². The lowest BCUT2D eigenvalue weighted by molar-refractivity contribution is -0.0557. The normalized spacial score (nSPS) is 19.5. The van der Waals surface area contributed by atoms with Gasteiger partial charge in [0.1, 0.15) is 12.2 Å². The monoisotopic (exact) mass is 408 g/mol. The number of alkyl carbamates (subject to hydrolysis) is 1. The van der Waals surface area contributed by atoms with E-state index in [1.54, 1.807) is 20.8 Å². The molecule has 2 amide bonds. The molecule has 162 valence electrons. The number of carbonyl (C=O) groups excluding carboxylic acids is 2. The minimum atomic E-state index is -0.646. The molecule has 8 nitrogen and oxygen atoms in total. The number of aliphatic hydroxyl groups is 1. The maximum absolute atomic E-state index is 12.2. The average Bonchev–Trinajstić information content (AvgIpc) is 2.65. The summed E-state index contributed by atoms with van der Waals surface area (Å²) < 4.78 is 16.3. The summed E-state index contributed by atoms with van der Waals surface area (Å²) in [6.45, 7) is 7.06. The van der Waals surface area contributed by atoms with Crippen LogP contribution in [0.5, 0.6) is 0 Å². The number of nitrogens with one attached hydrogen (secondary N) is 1. The van der Waals surface area contributed by atoms with E-state index in [0.29, 0.717) is 32.5 Å². The SMILES string of the molecule is CC(C)(C)OC(=O)N1CC(O)CC(OCCCNC(=O)OCc2ccccc2)C1. The fourth-order valence-electron chi connectivity index (χ4n) is 2.91. The third-order valence-electron chi connectivity index (χ3n) is 4.20. The Morgan fingerprint density at radius 1 is 1.21 bits per heavy atom. The summed E-state index contributed by atoms with van der Waals surface area (Å²) in [6.07, 6.45) is -0.778. The molecule has 1 aliphatic heterocycles. The summed E-state index contributed by atoms with van der Waals surface area (Å²) in [7, 11) is 0. The van der Waals surface area contributed by atoms with E-state index in [1.807, 2.05) is 30.3 Å². The van der Waals surface area contributed by atoms with Crippen molar-refractivity contribution in [1.82, 2.24) is 10.2 Å². The van der Waals surface area contributed by atoms with E-state index < -0.39 is 23.9 Å². The number of piperidine rings is 1. The van der Waals surface area contributed by atoms with Crippen molar-refractivity contribution in [3.63, 3.8) is 0 Å². The molecule has 1 heterocycles. The Hall–Kier alpha value is -2.32. The Kier molecular flexibility index (Phi) is 8.72. The number of amides is 2. The van der Waals surface area contributed by atoms with Crippen LogP contribution in [0.4, 0.5) is 9.59 Å². The second-order valence-electron chi connectivity index (χ2n) is 8.11. The molecule has 2 N–H and O–H groups in total. The van der Waals surface area contributed by atoms with E-state index in [9.17, 15) is 14.7 Å². The Labute approximate surface area is 172 Å². The van der Waals surface area contributed by atoms with Gasteiger partial charge in [0.05, 0.1) is 25.3 Å². The zero-order chi connectivity index (χ0) is 21.3. The highest BCUT2D eigenvalue weighted by Crippen LogP contribution is 2.17. The topological polar surface area (TPSA) is 97.3 Å². The van der Waals surface area contributed by atoms with Crippen molar-refractivity contribution in [3.05, 3.63) is 35.9 Å². The Balaban J connectivity index is 1.61. The molecular formula is C21H32N2O6. The van der Waals surface area contributed by atoms with Gasteiger partial charge in [-0.3, -0.25) is 0 Å². The third-order valence-corrected chi connectivity index (χ3v) is 4.20. The van der Waals surface area contributed by atoms with Gasteiger partial charge in [-0.25, -0.2) is 9.59 Å². The molecule has 1 aromatic carbocycles. The van der Waals surface area contributed by atoms with Gasteiger partial charge in [0, 0.05) is 19.6 Å². The Morgan fingerprint density at radius 3 is 2.62 bits per heavy atom. The second kappa shape index (κ2) is 11.0. The number of ether oxygens (including phenoxy) is 3. The van der Waals surface area contributed by atoms with E-state index in [2.05, 4.69) is 5.32 Å². The van der Waals surface area contributed by atoms with Gasteiger partial charge < -0.3 is 29.5 Å². The third kappa shape index (κ3) is 9.15. The minimum Gasteiger partial charge on any atom is -0.445 e. The zero-order valence-corrected chi connectivity index (χ0v) is 17.4. The minimum absolute atomic E-state index is 0.226. The van der Waals surface area contributed by atoms with E-state index in [-0.39, 0.29) is 19.3 Å². The van der Waals surface area contributed by atoms with Crippen molar-refractivity contribution in [1.29, 1.82) is 0 Å². The molecule has 0 saturated carbocycles. The maximum atomic E-state index is 12.2. The molecule has 0 bridgehead atoms. The molecule has 1 saturated heterocycles. The zero-order valence-electron chi connectivity index (χ0n) is 17.4. The molecule has 2 atom stereocenters. The van der Waals surface area contributed by atoms with Crippen molar-refractivity contribution >= 4 is 12.2 Å². The lowest BCUT2D eigenvalue weighted by Gasteiger charge is -2.36. The fourth-order valence-corrected chi connectivity index (χ4v) is 2.91. The maximum Gasteiger partial charge on any atom is 0.410 e. The first kappa shape index (κ1) is 23.0. The molecule has 2 unspecified atom stereocenters. The Bertz CT molecular complexity index is 646. The summed E-state index contributed by atoms with van der Waals surface area (Å²) in [5.41, 5.74) is 0.341. The van der Waals surface area contributed by atoms with Crippen LogP contribution in [-0.2, 0) is 20.8 Å². The molecular weight excluding hydrogens is 376 g/mol. The summed E-state index contributed by atoms with van der Waals surface area (Å²) in [6, 6.07) is 9.46. The molecule has 0 spiro atoms. The van der Waals surface area contributed by atoms with Gasteiger partial charge in [-0.15, -0.1) is 0 Å². The summed E-state index contributed by atoms with van der Waals surface area (Å²) in [4.78, 5) is 25.4. The second-order valence-corrected chi connectivity index (χ2v) is 8.11. The highest BCUT2D eigenvalue weighted by atomic mass is 16.6. The quantitative estimate of drug-likeness (QED) is 0.674. The van der Waals surface area contributed by atoms with Crippen LogP contribution >= 0.6 is 0 Å². The lowest BCUT2D eigenvalue weighted by Crippen LogP contribution is -2.50. The van der Waals surface area contributed by atoms with E-state index in [1.165, 1.54) is 4.90 Å². The number of nitrogens with zero attached hydrogens (tertiary/aromatic N) is 1. The van der Waals surface area contributed by atoms with Gasteiger partial charge in [-0.2, -0.15) is 0 Å². The van der Waals surface area contributed by atoms with Gasteiger partial charge in [0.25, 0.3) is 0 Å². The molecule has 2 rings (SSSR count). The number of likely N-dealkylation sites (tertiary alicyclic amines) is 1. The average molecular weight is 408 g/mol. The van der Waals surface area contributed by atoms with Crippen LogP contribution in [0.15, 0.2) is 30.3 Å². The van der Waals surface area contributed by atoms with Crippen LogP contribution in [0, 0.1) is 0 Å². The number of benzene rings is 1. The van der Waals surface area contributed by atoms with Crippen molar-refractivity contribution in [2.45, 2.75) is 58.0 Å². The summed E-state index contributed by atoms with van der Waals surface area (Å²) >= 11 is 0. The predicted molar refractivity (Wildman–Crippen MR) is 107 cm³/mol. The van der Waals surface area contributed by atoms with E-state index >= 15 is 0 Å². The number of hydrogen-bond donors (Lipinski definition) is 2. The van der Waals surface area contributed by atoms with Crippen LogP contribution in [0.3, 0.4) is 0 Å². The highest BCUT2D eigenvalue weighted by Gasteiger charge is 2.32. The smallest absolute Gasteiger partial charge is 0.410 e. The van der Waals surface area contributed by atoms with Gasteiger partial charge in [-0.05, 0) is 32.8 Å². The first-order chi connectivity index (χ1) is 13.7. The summed E-state index contributed by atoms with van der Waals surface area (Å²) in [5.74, 6) is 0. The van der Waals surface area contributed by atoms with Crippen LogP contribution in [0.1, 0.15) is 39.2 Å². The number of carbonyl (C=O) groups is 2. The van der Waals surface area contributed by atoms with Crippen molar-refractivity contribution in [2.75, 3.05) is 26.2 Å². The van der Waals surface area contributed by atoms with Crippen LogP contribution in [-0.4, -0.2) is 66.2 Å². The first-order valence-corrected chi connectivity index (χ1v) is 9.95. The van der Waals surface area contributed by atoms with Gasteiger partial charge in [-0.1, -0.05) is 30.3 Å². The number of β-amino-alcohol motifs (C(OH)–C–C–N with tert-alkyl or cyclic N) is 1. The molecule has 0 aliphatic carbocycles. The van der Waals surface area contributed by atoms with Gasteiger partial charge in [0.15, 0.2) is 0 Å². The molecule has 1 aromatic rings. The largest absolute Gasteiger partial charge is 0.445 e. The molecule has 0 radical (unpaired) electrons. The van der Waals surface area contributed by atoms with Gasteiger partial charge in [0.2, 0.25) is 0 Å². The molecule has 0 aromatic heterocycles.